The zero-order chi connectivity index (χ0) is 24.4. The fourth-order valence-electron chi connectivity index (χ4n) is 4.03. The second-order valence-corrected chi connectivity index (χ2v) is 8.99. The Morgan fingerprint density at radius 3 is 2.54 bits per heavy atom. The van der Waals surface area contributed by atoms with E-state index in [0.29, 0.717) is 22.6 Å². The van der Waals surface area contributed by atoms with E-state index in [0.717, 1.165) is 22.6 Å². The van der Waals surface area contributed by atoms with E-state index < -0.39 is 0 Å². The third-order valence-electron chi connectivity index (χ3n) is 5.97. The Balaban J connectivity index is 1.26. The first kappa shape index (κ1) is 22.8. The third kappa shape index (κ3) is 4.96. The van der Waals surface area contributed by atoms with Gasteiger partial charge in [-0.05, 0) is 66.3 Å². The van der Waals surface area contributed by atoms with Gasteiger partial charge in [0.15, 0.2) is 4.77 Å². The van der Waals surface area contributed by atoms with Crippen LogP contribution in [-0.2, 0) is 4.74 Å². The number of anilines is 3. The highest BCUT2D eigenvalue weighted by molar-refractivity contribution is 7.71. The lowest BCUT2D eigenvalue weighted by Crippen LogP contribution is -2.43. The lowest BCUT2D eigenvalue weighted by atomic mass is 9.97. The van der Waals surface area contributed by atoms with Gasteiger partial charge >= 0.3 is 0 Å². The number of ether oxygens (including phenoxy) is 1. The van der Waals surface area contributed by atoms with Gasteiger partial charge in [-0.1, -0.05) is 24.3 Å². The van der Waals surface area contributed by atoms with Crippen molar-refractivity contribution in [2.24, 2.45) is 0 Å². The maximum Gasteiger partial charge on any atom is 0.255 e. The minimum atomic E-state index is -0.192. The van der Waals surface area contributed by atoms with Gasteiger partial charge in [-0.15, -0.1) is 0 Å². The van der Waals surface area contributed by atoms with Crippen LogP contribution < -0.4 is 15.5 Å². The number of carbonyl (C=O) groups is 1. The van der Waals surface area contributed by atoms with Crippen LogP contribution in [0.1, 0.15) is 22.0 Å². The van der Waals surface area contributed by atoms with Gasteiger partial charge in [-0.25, -0.2) is 0 Å². The Kier molecular flexibility index (Phi) is 6.35. The summed E-state index contributed by atoms with van der Waals surface area (Å²) in [5.41, 5.74) is 5.20. The summed E-state index contributed by atoms with van der Waals surface area (Å²) in [5, 5.41) is 13.2. The summed E-state index contributed by atoms with van der Waals surface area (Å²) in [7, 11) is 4.04. The zero-order valence-corrected chi connectivity index (χ0v) is 20.3. The van der Waals surface area contributed by atoms with Crippen LogP contribution in [0, 0.1) is 4.77 Å². The van der Waals surface area contributed by atoms with E-state index in [2.05, 4.69) is 50.0 Å². The van der Waals surface area contributed by atoms with Crippen molar-refractivity contribution in [3.05, 3.63) is 95.0 Å². The predicted molar refractivity (Wildman–Crippen MR) is 140 cm³/mol. The average Bonchev–Trinajstić information content (AvgIpc) is 3.28. The van der Waals surface area contributed by atoms with Crippen LogP contribution in [0.5, 0.6) is 0 Å². The number of aromatic nitrogens is 3. The van der Waals surface area contributed by atoms with Gasteiger partial charge < -0.3 is 20.3 Å². The van der Waals surface area contributed by atoms with Crippen molar-refractivity contribution in [3.63, 3.8) is 0 Å². The van der Waals surface area contributed by atoms with Gasteiger partial charge in [0.25, 0.3) is 5.91 Å². The number of nitrogens with zero attached hydrogens (tertiary/aromatic N) is 3. The van der Waals surface area contributed by atoms with Crippen LogP contribution in [0.15, 0.2) is 79.1 Å². The Labute approximate surface area is 208 Å². The molecule has 35 heavy (non-hydrogen) atoms. The van der Waals surface area contributed by atoms with E-state index in [1.165, 1.54) is 0 Å². The van der Waals surface area contributed by atoms with Crippen molar-refractivity contribution in [2.75, 3.05) is 36.2 Å². The number of benzene rings is 3. The normalized spacial score (nSPS) is 16.9. The number of H-pyrrole nitrogens is 1. The van der Waals surface area contributed by atoms with Gasteiger partial charge in [0.2, 0.25) is 0 Å². The molecule has 2 heterocycles. The highest BCUT2D eigenvalue weighted by Crippen LogP contribution is 2.33. The fourth-order valence-corrected chi connectivity index (χ4v) is 4.24. The molecule has 1 aliphatic heterocycles. The van der Waals surface area contributed by atoms with Crippen LogP contribution in [0.3, 0.4) is 0 Å². The van der Waals surface area contributed by atoms with E-state index in [9.17, 15) is 4.79 Å². The quantitative estimate of drug-likeness (QED) is 0.325. The molecule has 1 saturated heterocycles. The molecule has 9 heteroatoms. The summed E-state index contributed by atoms with van der Waals surface area (Å²) in [6.07, 6.45) is 1.58. The molecular weight excluding hydrogens is 460 g/mol. The molecule has 1 aromatic heterocycles. The summed E-state index contributed by atoms with van der Waals surface area (Å²) in [6.45, 7) is 0.611. The van der Waals surface area contributed by atoms with Crippen molar-refractivity contribution in [2.45, 2.75) is 12.1 Å². The lowest BCUT2D eigenvalue weighted by Gasteiger charge is -2.38. The van der Waals surface area contributed by atoms with Gasteiger partial charge in [0.05, 0.1) is 18.3 Å². The van der Waals surface area contributed by atoms with E-state index in [1.54, 1.807) is 17.0 Å². The van der Waals surface area contributed by atoms with Crippen molar-refractivity contribution < 1.29 is 9.53 Å². The maximum absolute atomic E-state index is 13.0. The van der Waals surface area contributed by atoms with E-state index in [1.807, 2.05) is 56.6 Å². The molecule has 2 unspecified atom stereocenters. The number of hydrogen-bond acceptors (Lipinski definition) is 6. The Hall–Kier alpha value is -3.95. The summed E-state index contributed by atoms with van der Waals surface area (Å²) < 4.78 is 8.06. The fraction of sp³-hybridized carbons (Fsp3) is 0.192. The summed E-state index contributed by atoms with van der Waals surface area (Å²) in [6, 6.07) is 23.5. The van der Waals surface area contributed by atoms with Crippen molar-refractivity contribution >= 4 is 35.2 Å². The minimum absolute atomic E-state index is 0.0267. The van der Waals surface area contributed by atoms with Crippen LogP contribution >= 0.6 is 12.2 Å². The summed E-state index contributed by atoms with van der Waals surface area (Å²) in [4.78, 5) is 15.0. The first-order chi connectivity index (χ1) is 17.0. The van der Waals surface area contributed by atoms with Crippen LogP contribution in [0.25, 0.3) is 5.69 Å². The van der Waals surface area contributed by atoms with E-state index in [-0.39, 0.29) is 18.1 Å². The first-order valence-corrected chi connectivity index (χ1v) is 11.7. The molecule has 1 aliphatic rings. The second kappa shape index (κ2) is 9.73. The molecule has 0 aliphatic carbocycles. The van der Waals surface area contributed by atoms with Crippen LogP contribution in [0.4, 0.5) is 17.1 Å². The Morgan fingerprint density at radius 1 is 1.09 bits per heavy atom. The standard InChI is InChI=1S/C26H26N6O2S/c1-31(2)21-11-9-17(10-12-21)24-23(15-34-24)28-19-6-3-5-18(13-19)25(33)29-20-7-4-8-22(14-20)32-16-27-30-26(32)35/h3-14,16,23-24,28H,15H2,1-2H3,(H,29,33)(H,30,35). The number of aromatic amines is 1. The zero-order valence-electron chi connectivity index (χ0n) is 19.4. The molecule has 1 amide bonds. The molecule has 4 aromatic rings. The first-order valence-electron chi connectivity index (χ1n) is 11.3. The van der Waals surface area contributed by atoms with Crippen molar-refractivity contribution in [3.8, 4) is 5.69 Å². The summed E-state index contributed by atoms with van der Waals surface area (Å²) >= 11 is 5.23. The molecule has 0 radical (unpaired) electrons. The van der Waals surface area contributed by atoms with E-state index in [4.69, 9.17) is 17.0 Å². The second-order valence-electron chi connectivity index (χ2n) is 8.61. The predicted octanol–water partition coefficient (Wildman–Crippen LogP) is 4.80. The number of carbonyl (C=O) groups excluding carboxylic acids is 1. The van der Waals surface area contributed by atoms with Crippen LogP contribution in [-0.4, -0.2) is 47.4 Å². The molecule has 5 rings (SSSR count). The minimum Gasteiger partial charge on any atom is -0.378 e. The summed E-state index contributed by atoms with van der Waals surface area (Å²) in [5.74, 6) is -0.192. The highest BCUT2D eigenvalue weighted by Gasteiger charge is 2.33. The van der Waals surface area contributed by atoms with Crippen LogP contribution in [0.2, 0.25) is 0 Å². The average molecular weight is 487 g/mol. The Bertz CT molecular complexity index is 1400. The molecule has 0 bridgehead atoms. The lowest BCUT2D eigenvalue weighted by molar-refractivity contribution is -0.0668. The molecule has 8 nitrogen and oxygen atoms in total. The molecule has 3 aromatic carbocycles. The molecule has 3 N–H and O–H groups in total. The molecule has 2 atom stereocenters. The molecule has 1 fully saturated rings. The maximum atomic E-state index is 13.0. The third-order valence-corrected chi connectivity index (χ3v) is 6.26. The molecule has 178 valence electrons. The molecular formula is C26H26N6O2S. The number of nitrogens with one attached hydrogen (secondary N) is 3. The van der Waals surface area contributed by atoms with Crippen molar-refractivity contribution in [1.82, 2.24) is 14.8 Å². The molecule has 0 spiro atoms. The highest BCUT2D eigenvalue weighted by atomic mass is 32.1. The monoisotopic (exact) mass is 486 g/mol. The van der Waals surface area contributed by atoms with Gasteiger partial charge in [-0.3, -0.25) is 14.5 Å². The van der Waals surface area contributed by atoms with Gasteiger partial charge in [0, 0.05) is 36.7 Å². The Morgan fingerprint density at radius 2 is 1.86 bits per heavy atom. The SMILES string of the molecule is CN(C)c1ccc(C2OCC2Nc2cccc(C(=O)Nc3cccc(-n4cn[nH]c4=S)c3)c2)cc1. The van der Waals surface area contributed by atoms with E-state index >= 15 is 0 Å². The number of rotatable bonds is 7. The number of amides is 1. The topological polar surface area (TPSA) is 87.2 Å². The largest absolute Gasteiger partial charge is 0.378 e. The smallest absolute Gasteiger partial charge is 0.255 e. The van der Waals surface area contributed by atoms with Crippen molar-refractivity contribution in [1.29, 1.82) is 0 Å². The number of hydrogen-bond donors (Lipinski definition) is 3. The van der Waals surface area contributed by atoms with Gasteiger partial charge in [0.1, 0.15) is 12.4 Å². The molecule has 0 saturated carbocycles. The van der Waals surface area contributed by atoms with Gasteiger partial charge in [-0.2, -0.15) is 5.10 Å².